The first-order chi connectivity index (χ1) is 14.7. The Hall–Kier alpha value is -2.96. The number of nitrogens with one attached hydrogen (secondary N) is 1. The zero-order chi connectivity index (χ0) is 22.2. The summed E-state index contributed by atoms with van der Waals surface area (Å²) in [7, 11) is 0. The molecule has 0 unspecified atom stereocenters. The van der Waals surface area contributed by atoms with E-state index in [-0.39, 0.29) is 41.2 Å². The van der Waals surface area contributed by atoms with Crippen molar-refractivity contribution < 1.29 is 32.2 Å². The number of piperidine rings is 1. The second kappa shape index (κ2) is 7.94. The van der Waals surface area contributed by atoms with E-state index in [9.17, 15) is 22.8 Å². The molecule has 0 bridgehead atoms. The Kier molecular flexibility index (Phi) is 5.45. The van der Waals surface area contributed by atoms with Crippen LogP contribution in [0.2, 0.25) is 0 Å². The smallest absolute Gasteiger partial charge is 0.416 e. The van der Waals surface area contributed by atoms with Crippen molar-refractivity contribution in [2.24, 2.45) is 11.8 Å². The summed E-state index contributed by atoms with van der Waals surface area (Å²) in [5, 5.41) is 11.9. The fraction of sp³-hybridized carbons (Fsp3) is 0.571. The Balaban J connectivity index is 1.24. The van der Waals surface area contributed by atoms with Gasteiger partial charge in [0.15, 0.2) is 0 Å². The summed E-state index contributed by atoms with van der Waals surface area (Å²) < 4.78 is 49.0. The average Bonchev–Trinajstić information content (AvgIpc) is 3.12. The lowest BCUT2D eigenvalue weighted by Crippen LogP contribution is -2.58. The van der Waals surface area contributed by atoms with E-state index in [1.807, 2.05) is 4.90 Å². The first-order valence-corrected chi connectivity index (χ1v) is 10.2. The van der Waals surface area contributed by atoms with Gasteiger partial charge in [-0.15, -0.1) is 0 Å². The molecule has 0 atom stereocenters. The zero-order valence-corrected chi connectivity index (χ0v) is 16.7. The maximum absolute atomic E-state index is 12.8. The number of nitriles is 1. The van der Waals surface area contributed by atoms with E-state index in [1.54, 1.807) is 6.07 Å². The lowest BCUT2D eigenvalue weighted by molar-refractivity contribution is -0.142. The molecular formula is C21H22F3N3O4. The molecule has 166 valence electrons. The number of cyclic esters (lactones) is 1. The normalized spacial score (nSPS) is 26.1. The van der Waals surface area contributed by atoms with Gasteiger partial charge in [-0.1, -0.05) is 0 Å². The predicted molar refractivity (Wildman–Crippen MR) is 101 cm³/mol. The molecule has 10 heteroatoms. The van der Waals surface area contributed by atoms with Gasteiger partial charge in [-0.2, -0.15) is 18.4 Å². The summed E-state index contributed by atoms with van der Waals surface area (Å²) in [6, 6.07) is 4.63. The fourth-order valence-corrected chi connectivity index (χ4v) is 4.48. The Labute approximate surface area is 177 Å². The molecule has 1 spiro atoms. The molecule has 0 radical (unpaired) electrons. The van der Waals surface area contributed by atoms with Crippen LogP contribution in [0, 0.1) is 23.2 Å². The Morgan fingerprint density at radius 2 is 2.03 bits per heavy atom. The molecular weight excluding hydrogens is 415 g/mol. The third-order valence-corrected chi connectivity index (χ3v) is 6.30. The molecule has 0 aromatic heterocycles. The molecule has 1 N–H and O–H groups in total. The van der Waals surface area contributed by atoms with Gasteiger partial charge in [0.05, 0.1) is 23.3 Å². The van der Waals surface area contributed by atoms with Crippen LogP contribution in [-0.2, 0) is 15.7 Å². The van der Waals surface area contributed by atoms with Gasteiger partial charge in [-0.3, -0.25) is 4.79 Å². The van der Waals surface area contributed by atoms with Crippen LogP contribution in [0.3, 0.4) is 0 Å². The van der Waals surface area contributed by atoms with E-state index in [0.717, 1.165) is 12.1 Å². The number of likely N-dealkylation sites (tertiary alicyclic amines) is 1. The fourth-order valence-electron chi connectivity index (χ4n) is 4.48. The van der Waals surface area contributed by atoms with Gasteiger partial charge in [0.25, 0.3) is 0 Å². The molecule has 2 heterocycles. The van der Waals surface area contributed by atoms with Crippen molar-refractivity contribution in [3.63, 3.8) is 0 Å². The number of alkyl halides is 3. The Morgan fingerprint density at radius 3 is 2.61 bits per heavy atom. The van der Waals surface area contributed by atoms with Crippen molar-refractivity contribution >= 4 is 12.0 Å². The molecule has 7 nitrogen and oxygen atoms in total. The molecule has 4 rings (SSSR count). The van der Waals surface area contributed by atoms with Crippen LogP contribution in [0.4, 0.5) is 18.0 Å². The van der Waals surface area contributed by atoms with E-state index in [1.165, 1.54) is 6.07 Å². The lowest BCUT2D eigenvalue weighted by atomic mass is 9.68. The molecule has 2 amide bonds. The third-order valence-electron chi connectivity index (χ3n) is 6.30. The topological polar surface area (TPSA) is 91.7 Å². The van der Waals surface area contributed by atoms with Crippen molar-refractivity contribution in [1.29, 1.82) is 5.26 Å². The molecule has 31 heavy (non-hydrogen) atoms. The number of hydrogen-bond acceptors (Lipinski definition) is 5. The number of carbonyl (C=O) groups is 2. The number of hydrogen-bond donors (Lipinski definition) is 1. The Morgan fingerprint density at radius 1 is 1.32 bits per heavy atom. The summed E-state index contributed by atoms with van der Waals surface area (Å²) >= 11 is 0. The van der Waals surface area contributed by atoms with E-state index in [4.69, 9.17) is 14.7 Å². The third kappa shape index (κ3) is 4.40. The van der Waals surface area contributed by atoms with Crippen LogP contribution in [0.1, 0.15) is 36.8 Å². The molecule has 2 saturated heterocycles. The van der Waals surface area contributed by atoms with Crippen molar-refractivity contribution in [3.05, 3.63) is 29.3 Å². The second-order valence-corrected chi connectivity index (χ2v) is 8.49. The number of rotatable bonds is 4. The molecule has 3 fully saturated rings. The highest BCUT2D eigenvalue weighted by Gasteiger charge is 2.53. The van der Waals surface area contributed by atoms with E-state index < -0.39 is 17.8 Å². The van der Waals surface area contributed by atoms with Gasteiger partial charge < -0.3 is 19.7 Å². The summed E-state index contributed by atoms with van der Waals surface area (Å²) in [4.78, 5) is 25.7. The highest BCUT2D eigenvalue weighted by atomic mass is 19.4. The van der Waals surface area contributed by atoms with Crippen molar-refractivity contribution in [3.8, 4) is 11.8 Å². The minimum absolute atomic E-state index is 0.0839. The van der Waals surface area contributed by atoms with Crippen LogP contribution in [0.5, 0.6) is 5.75 Å². The van der Waals surface area contributed by atoms with E-state index >= 15 is 0 Å². The number of benzene rings is 1. The molecule has 2 aliphatic heterocycles. The van der Waals surface area contributed by atoms with E-state index in [2.05, 4.69) is 5.32 Å². The van der Waals surface area contributed by atoms with Gasteiger partial charge in [-0.05, 0) is 49.8 Å². The van der Waals surface area contributed by atoms with E-state index in [0.29, 0.717) is 45.4 Å². The molecule has 1 aliphatic carbocycles. The summed E-state index contributed by atoms with van der Waals surface area (Å²) in [6.07, 6.45) is -2.34. The minimum atomic E-state index is -4.51. The highest BCUT2D eigenvalue weighted by molar-refractivity contribution is 5.81. The van der Waals surface area contributed by atoms with Gasteiger partial charge in [0, 0.05) is 19.0 Å². The zero-order valence-electron chi connectivity index (χ0n) is 16.7. The monoisotopic (exact) mass is 437 g/mol. The van der Waals surface area contributed by atoms with Crippen molar-refractivity contribution in [1.82, 2.24) is 10.2 Å². The highest BCUT2D eigenvalue weighted by Crippen LogP contribution is 2.42. The number of ether oxygens (including phenoxy) is 2. The number of halogens is 3. The minimum Gasteiger partial charge on any atom is -0.492 e. The van der Waals surface area contributed by atoms with Crippen LogP contribution < -0.4 is 10.1 Å². The summed E-state index contributed by atoms with van der Waals surface area (Å²) in [5.74, 6) is 0.253. The summed E-state index contributed by atoms with van der Waals surface area (Å²) in [6.45, 7) is 1.75. The van der Waals surface area contributed by atoms with Gasteiger partial charge in [0.1, 0.15) is 18.4 Å². The van der Waals surface area contributed by atoms with Gasteiger partial charge in [-0.25, -0.2) is 4.79 Å². The number of alkyl carbamates (subject to hydrolysis) is 1. The van der Waals surface area contributed by atoms with Gasteiger partial charge in [0.2, 0.25) is 5.91 Å². The maximum Gasteiger partial charge on any atom is 0.416 e. The second-order valence-electron chi connectivity index (χ2n) is 8.49. The lowest BCUT2D eigenvalue weighted by Gasteiger charge is -2.44. The van der Waals surface area contributed by atoms with Gasteiger partial charge >= 0.3 is 12.3 Å². The first-order valence-electron chi connectivity index (χ1n) is 10.2. The molecule has 3 aliphatic rings. The molecule has 1 saturated carbocycles. The van der Waals surface area contributed by atoms with Crippen LogP contribution >= 0.6 is 0 Å². The number of amides is 2. The Bertz CT molecular complexity index is 913. The number of nitrogens with zero attached hydrogens (tertiary/aromatic N) is 2. The molecule has 1 aromatic rings. The first kappa shape index (κ1) is 21.3. The average molecular weight is 437 g/mol. The quantitative estimate of drug-likeness (QED) is 0.782. The van der Waals surface area contributed by atoms with Crippen molar-refractivity contribution in [2.45, 2.75) is 37.4 Å². The van der Waals surface area contributed by atoms with Crippen LogP contribution in [0.25, 0.3) is 0 Å². The standard InChI is InChI=1S/C21H22F3N3O4/c22-21(23,24)16-1-2-17(14(7-16)10-25)30-11-13-3-5-27(6-4-13)18(28)15-8-20(9-15)12-31-19(29)26-20/h1-2,7,13,15H,3-6,8-9,11-12H2,(H,26,29)/t15-,20-. The maximum atomic E-state index is 12.8. The van der Waals surface area contributed by atoms with Crippen LogP contribution in [-0.4, -0.2) is 48.7 Å². The predicted octanol–water partition coefficient (Wildman–Crippen LogP) is 3.08. The van der Waals surface area contributed by atoms with Crippen molar-refractivity contribution in [2.75, 3.05) is 26.3 Å². The summed E-state index contributed by atoms with van der Waals surface area (Å²) in [5.41, 5.74) is -1.42. The SMILES string of the molecule is N#Cc1cc(C(F)(F)F)ccc1OCC1CCN(C(=O)[C@H]2C[C@@]3(COC(=O)N3)C2)CC1. The largest absolute Gasteiger partial charge is 0.492 e. The number of carbonyl (C=O) groups excluding carboxylic acids is 2. The van der Waals surface area contributed by atoms with Crippen LogP contribution in [0.15, 0.2) is 18.2 Å². The molecule has 1 aromatic carbocycles.